The lowest BCUT2D eigenvalue weighted by Gasteiger charge is -2.28. The Labute approximate surface area is 548 Å². The molecule has 0 saturated heterocycles. The van der Waals surface area contributed by atoms with Gasteiger partial charge in [-0.15, -0.1) is 0 Å². The van der Waals surface area contributed by atoms with Crippen LogP contribution in [0.25, 0.3) is 0 Å². The first-order chi connectivity index (χ1) is 43.0. The minimum absolute atomic E-state index is 0.0274. The molecule has 0 aromatic heterocycles. The van der Waals surface area contributed by atoms with Crippen LogP contribution in [0.2, 0.25) is 0 Å². The number of unbranched alkanes of at least 4 members (excludes halogenated alkanes) is 53. The number of esters is 2. The topological polar surface area (TPSA) is 111 Å². The summed E-state index contributed by atoms with van der Waals surface area (Å²) < 4.78 is 34.4. The van der Waals surface area contributed by atoms with Crippen molar-refractivity contribution in [2.24, 2.45) is 0 Å². The zero-order valence-electron chi connectivity index (χ0n) is 59.5. The van der Waals surface area contributed by atoms with Crippen molar-refractivity contribution >= 4 is 19.8 Å². The van der Waals surface area contributed by atoms with Crippen LogP contribution in [0.4, 0.5) is 0 Å². The van der Waals surface area contributed by atoms with E-state index in [1.54, 1.807) is 0 Å². The molecule has 0 aromatic rings. The summed E-state index contributed by atoms with van der Waals surface area (Å²) in [5, 5.41) is 0. The van der Waals surface area contributed by atoms with E-state index in [9.17, 15) is 19.0 Å². The van der Waals surface area contributed by atoms with Gasteiger partial charge in [-0.2, -0.15) is 0 Å². The van der Waals surface area contributed by atoms with Crippen molar-refractivity contribution in [2.75, 3.05) is 47.5 Å². The van der Waals surface area contributed by atoms with Gasteiger partial charge in [-0.05, 0) is 70.6 Å². The number of carbonyl (C=O) groups excluding carboxylic acids is 2. The van der Waals surface area contributed by atoms with Crippen molar-refractivity contribution in [1.29, 1.82) is 0 Å². The summed E-state index contributed by atoms with van der Waals surface area (Å²) >= 11 is 0. The highest BCUT2D eigenvalue weighted by Gasteiger charge is 2.22. The van der Waals surface area contributed by atoms with E-state index in [0.717, 1.165) is 38.5 Å². The maximum Gasteiger partial charge on any atom is 0.306 e. The van der Waals surface area contributed by atoms with Crippen LogP contribution in [0.5, 0.6) is 0 Å². The average molecular weight is 1260 g/mol. The van der Waals surface area contributed by atoms with Gasteiger partial charge in [0.1, 0.15) is 19.8 Å². The standard InChI is InChI=1S/C78H150NO8P/c1-6-8-10-12-14-16-18-20-22-24-26-28-30-32-34-36-38-39-41-43-45-47-49-51-53-55-57-59-61-63-65-67-69-71-78(81)87-76(75-86-88(82,83)85-73-72-79(3,4)5)74-84-77(80)70-68-66-64-62-60-58-56-54-52-50-48-46-44-42-40-37-35-33-31-29-27-25-23-21-19-17-15-13-11-9-7-2/h18,20,24-27,76H,6-17,19,21-23,28-75H2,1-5H3/b20-18-,26-24-,27-25-. The summed E-state index contributed by atoms with van der Waals surface area (Å²) in [5.41, 5.74) is 0. The number of quaternary nitrogens is 1. The minimum atomic E-state index is -4.64. The third-order valence-electron chi connectivity index (χ3n) is 17.6. The summed E-state index contributed by atoms with van der Waals surface area (Å²) in [7, 11) is 1.19. The number of rotatable bonds is 73. The second kappa shape index (κ2) is 69.6. The molecule has 0 heterocycles. The molecule has 0 aromatic carbocycles. The van der Waals surface area contributed by atoms with Gasteiger partial charge < -0.3 is 27.9 Å². The van der Waals surface area contributed by atoms with Gasteiger partial charge >= 0.3 is 11.9 Å². The van der Waals surface area contributed by atoms with E-state index in [-0.39, 0.29) is 32.0 Å². The minimum Gasteiger partial charge on any atom is -0.756 e. The van der Waals surface area contributed by atoms with Crippen molar-refractivity contribution in [2.45, 2.75) is 405 Å². The SMILES string of the molecule is CCCCCCC/C=C\C/C=C\CCCCCCCCCCCCCCCCCCCCCCCC(=O)OC(COC(=O)CCCCCCCCCCCCCCCCCCCCC/C=C\CCCCCCCCCC)COP(=O)([O-])OCC[N+](C)(C)C. The number of ether oxygens (including phenoxy) is 2. The zero-order chi connectivity index (χ0) is 64.1. The third kappa shape index (κ3) is 73.3. The lowest BCUT2D eigenvalue weighted by Crippen LogP contribution is -2.37. The highest BCUT2D eigenvalue weighted by molar-refractivity contribution is 7.45. The summed E-state index contributed by atoms with van der Waals surface area (Å²) in [6.45, 7) is 4.31. The normalized spacial score (nSPS) is 13.2. The fourth-order valence-corrected chi connectivity index (χ4v) is 12.4. The number of nitrogens with zero attached hydrogens (tertiary/aromatic N) is 1. The Hall–Kier alpha value is -1.77. The predicted molar refractivity (Wildman–Crippen MR) is 379 cm³/mol. The van der Waals surface area contributed by atoms with Crippen LogP contribution in [0, 0.1) is 0 Å². The highest BCUT2D eigenvalue weighted by Crippen LogP contribution is 2.38. The zero-order valence-corrected chi connectivity index (χ0v) is 60.4. The molecule has 0 radical (unpaired) electrons. The van der Waals surface area contributed by atoms with Crippen LogP contribution in [0.15, 0.2) is 36.5 Å². The summed E-state index contributed by atoms with van der Waals surface area (Å²) in [4.78, 5) is 38.1. The molecular weight excluding hydrogens is 1110 g/mol. The van der Waals surface area contributed by atoms with E-state index in [2.05, 4.69) is 50.3 Å². The largest absolute Gasteiger partial charge is 0.756 e. The molecule has 0 aliphatic carbocycles. The summed E-state index contributed by atoms with van der Waals surface area (Å²) in [6.07, 6.45) is 89.7. The molecule has 88 heavy (non-hydrogen) atoms. The van der Waals surface area contributed by atoms with Crippen LogP contribution in [-0.2, 0) is 32.7 Å². The second-order valence-electron chi connectivity index (χ2n) is 27.7. The predicted octanol–water partition coefficient (Wildman–Crippen LogP) is 24.8. The molecule has 2 atom stereocenters. The van der Waals surface area contributed by atoms with E-state index in [1.807, 2.05) is 21.1 Å². The molecular formula is C78H150NO8P. The first-order valence-electron chi connectivity index (χ1n) is 38.7. The first-order valence-corrected chi connectivity index (χ1v) is 40.2. The fourth-order valence-electron chi connectivity index (χ4n) is 11.7. The Balaban J connectivity index is 3.93. The van der Waals surface area contributed by atoms with Gasteiger partial charge in [-0.1, -0.05) is 352 Å². The molecule has 0 N–H and O–H groups in total. The van der Waals surface area contributed by atoms with E-state index < -0.39 is 26.5 Å². The number of phosphoric acid groups is 1. The molecule has 0 rings (SSSR count). The van der Waals surface area contributed by atoms with Gasteiger partial charge in [0.2, 0.25) is 0 Å². The monoisotopic (exact) mass is 1260 g/mol. The van der Waals surface area contributed by atoms with Crippen molar-refractivity contribution in [3.8, 4) is 0 Å². The van der Waals surface area contributed by atoms with Crippen LogP contribution in [-0.4, -0.2) is 70.0 Å². The maximum absolute atomic E-state index is 12.9. The molecule has 0 bridgehead atoms. The van der Waals surface area contributed by atoms with Crippen molar-refractivity contribution in [3.63, 3.8) is 0 Å². The quantitative estimate of drug-likeness (QED) is 0.0195. The maximum atomic E-state index is 12.9. The van der Waals surface area contributed by atoms with Gasteiger partial charge in [-0.3, -0.25) is 14.2 Å². The van der Waals surface area contributed by atoms with Crippen molar-refractivity contribution in [1.82, 2.24) is 0 Å². The van der Waals surface area contributed by atoms with Crippen molar-refractivity contribution in [3.05, 3.63) is 36.5 Å². The fraction of sp³-hybridized carbons (Fsp3) is 0.897. The van der Waals surface area contributed by atoms with Gasteiger partial charge in [-0.25, -0.2) is 0 Å². The molecule has 0 amide bonds. The first kappa shape index (κ1) is 86.2. The third-order valence-corrected chi connectivity index (χ3v) is 18.6. The van der Waals surface area contributed by atoms with E-state index in [4.69, 9.17) is 18.5 Å². The lowest BCUT2D eigenvalue weighted by atomic mass is 10.0. The summed E-state index contributed by atoms with van der Waals surface area (Å²) in [6, 6.07) is 0. The molecule has 0 aliphatic heterocycles. The molecule has 0 aliphatic rings. The smallest absolute Gasteiger partial charge is 0.306 e. The van der Waals surface area contributed by atoms with Crippen molar-refractivity contribution < 1.29 is 42.1 Å². The van der Waals surface area contributed by atoms with Crippen LogP contribution in [0.1, 0.15) is 399 Å². The number of hydrogen-bond donors (Lipinski definition) is 0. The number of allylic oxidation sites excluding steroid dienone is 6. The van der Waals surface area contributed by atoms with Gasteiger partial charge in [0.05, 0.1) is 27.7 Å². The Morgan fingerprint density at radius 2 is 0.614 bits per heavy atom. The Kier molecular flexibility index (Phi) is 68.2. The highest BCUT2D eigenvalue weighted by atomic mass is 31.2. The van der Waals surface area contributed by atoms with Crippen LogP contribution < -0.4 is 4.89 Å². The second-order valence-corrected chi connectivity index (χ2v) is 29.1. The van der Waals surface area contributed by atoms with E-state index in [1.165, 1.54) is 327 Å². The van der Waals surface area contributed by atoms with Gasteiger partial charge in [0.25, 0.3) is 7.82 Å². The molecule has 0 saturated carbocycles. The van der Waals surface area contributed by atoms with Crippen LogP contribution in [0.3, 0.4) is 0 Å². The number of likely N-dealkylation sites (N-methyl/N-ethyl adjacent to an activating group) is 1. The van der Waals surface area contributed by atoms with Crippen LogP contribution >= 0.6 is 7.82 Å². The van der Waals surface area contributed by atoms with E-state index >= 15 is 0 Å². The number of hydrogen-bond acceptors (Lipinski definition) is 8. The molecule has 520 valence electrons. The molecule has 0 spiro atoms. The Bertz CT molecular complexity index is 1580. The molecule has 0 fully saturated rings. The van der Waals surface area contributed by atoms with Gasteiger partial charge in [0, 0.05) is 12.8 Å². The van der Waals surface area contributed by atoms with Gasteiger partial charge in [0.15, 0.2) is 6.10 Å². The number of carbonyl (C=O) groups is 2. The summed E-state index contributed by atoms with van der Waals surface area (Å²) in [5.74, 6) is -0.808. The molecule has 9 nitrogen and oxygen atoms in total. The lowest BCUT2D eigenvalue weighted by molar-refractivity contribution is -0.870. The van der Waals surface area contributed by atoms with E-state index in [0.29, 0.717) is 17.4 Å². The Morgan fingerprint density at radius 3 is 0.909 bits per heavy atom. The number of phosphoric ester groups is 1. The molecule has 10 heteroatoms. The Morgan fingerprint density at radius 1 is 0.352 bits per heavy atom. The average Bonchev–Trinajstić information content (AvgIpc) is 3.56. The molecule has 2 unspecified atom stereocenters.